The quantitative estimate of drug-likeness (QED) is 0.306. The van der Waals surface area contributed by atoms with Gasteiger partial charge in [-0.3, -0.25) is 14.0 Å². The zero-order chi connectivity index (χ0) is 25.2. The number of aromatic nitrogens is 2. The number of hydrogen-bond acceptors (Lipinski definition) is 5. The van der Waals surface area contributed by atoms with Gasteiger partial charge in [-0.2, -0.15) is 0 Å². The molecule has 34 heavy (non-hydrogen) atoms. The Kier molecular flexibility index (Phi) is 8.38. The molecule has 7 nitrogen and oxygen atoms in total. The SMILES string of the molecule is Cc1c(NC(c2ccc(Cl)cc2Cl)P(=O)(OC(C)C)OC(C)C)c(=O)n(-c2ccccc2)n1C. The highest BCUT2D eigenvalue weighted by atomic mass is 35.5. The van der Waals surface area contributed by atoms with Crippen LogP contribution in [-0.4, -0.2) is 21.6 Å². The van der Waals surface area contributed by atoms with Crippen molar-refractivity contribution in [1.82, 2.24) is 9.36 Å². The molecular formula is C24H30Cl2N3O4P. The molecular weight excluding hydrogens is 496 g/mol. The van der Waals surface area contributed by atoms with E-state index in [2.05, 4.69) is 5.32 Å². The molecule has 3 aromatic rings. The van der Waals surface area contributed by atoms with E-state index in [0.717, 1.165) is 0 Å². The van der Waals surface area contributed by atoms with Gasteiger partial charge in [0.05, 0.1) is 23.6 Å². The Labute approximate surface area is 210 Å². The van der Waals surface area contributed by atoms with Crippen molar-refractivity contribution in [3.05, 3.63) is 80.2 Å². The highest BCUT2D eigenvalue weighted by molar-refractivity contribution is 7.54. The summed E-state index contributed by atoms with van der Waals surface area (Å²) in [4.78, 5) is 13.5. The van der Waals surface area contributed by atoms with E-state index < -0.39 is 25.6 Å². The molecule has 0 saturated heterocycles. The predicted molar refractivity (Wildman–Crippen MR) is 139 cm³/mol. The van der Waals surface area contributed by atoms with Crippen LogP contribution in [0.15, 0.2) is 53.3 Å². The minimum atomic E-state index is -3.88. The summed E-state index contributed by atoms with van der Waals surface area (Å²) in [5.41, 5.74) is 1.76. The first kappa shape index (κ1) is 26.6. The Morgan fingerprint density at radius 1 is 0.971 bits per heavy atom. The topological polar surface area (TPSA) is 74.5 Å². The van der Waals surface area contributed by atoms with Crippen LogP contribution in [-0.2, 0) is 20.7 Å². The van der Waals surface area contributed by atoms with Crippen LogP contribution >= 0.6 is 30.8 Å². The maximum Gasteiger partial charge on any atom is 0.357 e. The Morgan fingerprint density at radius 2 is 1.56 bits per heavy atom. The average molecular weight is 526 g/mol. The van der Waals surface area contributed by atoms with Gasteiger partial charge in [0.1, 0.15) is 5.69 Å². The van der Waals surface area contributed by atoms with E-state index in [1.165, 1.54) is 4.68 Å². The Hall–Kier alpha value is -2.02. The van der Waals surface area contributed by atoms with E-state index in [9.17, 15) is 9.36 Å². The zero-order valence-electron chi connectivity index (χ0n) is 20.1. The smallest absolute Gasteiger partial charge is 0.357 e. The summed E-state index contributed by atoms with van der Waals surface area (Å²) in [6.45, 7) is 8.89. The largest absolute Gasteiger partial charge is 0.362 e. The van der Waals surface area contributed by atoms with Crippen molar-refractivity contribution in [1.29, 1.82) is 0 Å². The van der Waals surface area contributed by atoms with Crippen LogP contribution in [0.25, 0.3) is 5.69 Å². The normalized spacial score (nSPS) is 13.0. The molecule has 2 aromatic carbocycles. The van der Waals surface area contributed by atoms with Gasteiger partial charge in [0.15, 0.2) is 5.78 Å². The van der Waals surface area contributed by atoms with Crippen molar-refractivity contribution >= 4 is 36.5 Å². The van der Waals surface area contributed by atoms with E-state index in [1.54, 1.807) is 64.5 Å². The lowest BCUT2D eigenvalue weighted by molar-refractivity contribution is 0.138. The van der Waals surface area contributed by atoms with Crippen LogP contribution < -0.4 is 10.9 Å². The third-order valence-corrected chi connectivity index (χ3v) is 8.16. The molecule has 1 unspecified atom stereocenters. The summed E-state index contributed by atoms with van der Waals surface area (Å²) >= 11 is 12.7. The highest BCUT2D eigenvalue weighted by Gasteiger charge is 2.41. The van der Waals surface area contributed by atoms with Gasteiger partial charge in [0.25, 0.3) is 5.56 Å². The molecule has 0 spiro atoms. The van der Waals surface area contributed by atoms with E-state index in [0.29, 0.717) is 22.0 Å². The van der Waals surface area contributed by atoms with Crippen LogP contribution in [0.1, 0.15) is 44.7 Å². The van der Waals surface area contributed by atoms with Crippen LogP contribution in [0.5, 0.6) is 0 Å². The lowest BCUT2D eigenvalue weighted by Gasteiger charge is -2.31. The first-order chi connectivity index (χ1) is 15.9. The molecule has 0 amide bonds. The summed E-state index contributed by atoms with van der Waals surface area (Å²) in [5.74, 6) is -1.06. The van der Waals surface area contributed by atoms with Crippen LogP contribution in [0.3, 0.4) is 0 Å². The predicted octanol–water partition coefficient (Wildman–Crippen LogP) is 6.95. The average Bonchev–Trinajstić information content (AvgIpc) is 2.94. The van der Waals surface area contributed by atoms with Crippen molar-refractivity contribution in [3.63, 3.8) is 0 Å². The zero-order valence-corrected chi connectivity index (χ0v) is 22.5. The molecule has 0 aliphatic carbocycles. The van der Waals surface area contributed by atoms with Crippen LogP contribution in [0.4, 0.5) is 5.69 Å². The molecule has 184 valence electrons. The standard InChI is InChI=1S/C24H30Cl2N3O4P/c1-15(2)32-34(31,33-16(3)4)23(20-13-12-18(25)14-21(20)26)27-22-17(5)28(6)29(24(22)30)19-10-8-7-9-11-19/h7-16,23,27H,1-6H3. The molecule has 3 rings (SSSR count). The number of rotatable bonds is 9. The second-order valence-corrected chi connectivity index (χ2v) is 11.4. The Balaban J connectivity index is 2.21. The van der Waals surface area contributed by atoms with Crippen molar-refractivity contribution in [3.8, 4) is 5.69 Å². The summed E-state index contributed by atoms with van der Waals surface area (Å²) < 4.78 is 29.3. The van der Waals surface area contributed by atoms with Gasteiger partial charge in [0.2, 0.25) is 0 Å². The van der Waals surface area contributed by atoms with Crippen molar-refractivity contribution in [2.24, 2.45) is 7.05 Å². The fourth-order valence-electron chi connectivity index (χ4n) is 3.66. The molecule has 1 N–H and O–H groups in total. The van der Waals surface area contributed by atoms with E-state index >= 15 is 0 Å². The lowest BCUT2D eigenvalue weighted by Crippen LogP contribution is -2.24. The molecule has 0 bridgehead atoms. The molecule has 0 aliphatic heterocycles. The molecule has 0 radical (unpaired) electrons. The third-order valence-electron chi connectivity index (χ3n) is 5.12. The molecule has 1 aromatic heterocycles. The lowest BCUT2D eigenvalue weighted by atomic mass is 10.2. The summed E-state index contributed by atoms with van der Waals surface area (Å²) in [6.07, 6.45) is -0.810. The maximum absolute atomic E-state index is 14.2. The number of para-hydroxylation sites is 1. The van der Waals surface area contributed by atoms with Crippen molar-refractivity contribution < 1.29 is 13.6 Å². The van der Waals surface area contributed by atoms with Gasteiger partial charge in [-0.25, -0.2) is 4.68 Å². The monoisotopic (exact) mass is 525 g/mol. The molecule has 0 fully saturated rings. The van der Waals surface area contributed by atoms with Gasteiger partial charge in [0, 0.05) is 22.7 Å². The molecule has 1 heterocycles. The van der Waals surface area contributed by atoms with Crippen molar-refractivity contribution in [2.75, 3.05) is 5.32 Å². The molecule has 0 aliphatic rings. The number of halogens is 2. The second-order valence-electron chi connectivity index (χ2n) is 8.50. The Morgan fingerprint density at radius 3 is 2.09 bits per heavy atom. The van der Waals surface area contributed by atoms with Gasteiger partial charge in [-0.15, -0.1) is 0 Å². The summed E-state index contributed by atoms with van der Waals surface area (Å²) in [7, 11) is -2.10. The minimum Gasteiger partial charge on any atom is -0.362 e. The molecule has 0 saturated carbocycles. The fourth-order valence-corrected chi connectivity index (χ4v) is 6.57. The minimum absolute atomic E-state index is 0.266. The summed E-state index contributed by atoms with van der Waals surface area (Å²) in [5, 5.41) is 3.89. The van der Waals surface area contributed by atoms with E-state index in [1.807, 2.05) is 30.3 Å². The molecule has 1 atom stereocenters. The first-order valence-electron chi connectivity index (χ1n) is 11.0. The van der Waals surface area contributed by atoms with Gasteiger partial charge in [-0.05, 0) is 58.9 Å². The van der Waals surface area contributed by atoms with E-state index in [-0.39, 0.29) is 16.3 Å². The third kappa shape index (κ3) is 5.61. The molecule has 10 heteroatoms. The second kappa shape index (κ2) is 10.7. The Bertz CT molecular complexity index is 1240. The number of hydrogen-bond donors (Lipinski definition) is 1. The number of nitrogens with zero attached hydrogens (tertiary/aromatic N) is 2. The summed E-state index contributed by atoms with van der Waals surface area (Å²) in [6, 6.07) is 14.1. The van der Waals surface area contributed by atoms with E-state index in [4.69, 9.17) is 32.2 Å². The number of anilines is 1. The van der Waals surface area contributed by atoms with Gasteiger partial charge < -0.3 is 14.4 Å². The maximum atomic E-state index is 14.2. The highest BCUT2D eigenvalue weighted by Crippen LogP contribution is 2.63. The fraction of sp³-hybridized carbons (Fsp3) is 0.375. The van der Waals surface area contributed by atoms with Crippen LogP contribution in [0, 0.1) is 6.92 Å². The first-order valence-corrected chi connectivity index (χ1v) is 13.3. The van der Waals surface area contributed by atoms with Gasteiger partial charge in [-0.1, -0.05) is 47.5 Å². The number of nitrogens with one attached hydrogen (secondary N) is 1. The number of benzene rings is 2. The van der Waals surface area contributed by atoms with Crippen molar-refractivity contribution in [2.45, 2.75) is 52.6 Å². The van der Waals surface area contributed by atoms with Gasteiger partial charge >= 0.3 is 7.60 Å². The van der Waals surface area contributed by atoms with Crippen LogP contribution in [0.2, 0.25) is 10.0 Å².